The summed E-state index contributed by atoms with van der Waals surface area (Å²) in [6.07, 6.45) is 3.15. The van der Waals surface area contributed by atoms with Crippen LogP contribution in [0.4, 0.5) is 0 Å². The van der Waals surface area contributed by atoms with Gasteiger partial charge in [0.05, 0.1) is 19.8 Å². The highest BCUT2D eigenvalue weighted by atomic mass is 16.5. The summed E-state index contributed by atoms with van der Waals surface area (Å²) in [4.78, 5) is 0. The van der Waals surface area contributed by atoms with Crippen molar-refractivity contribution in [3.63, 3.8) is 0 Å². The Bertz CT molecular complexity index is 350. The molecule has 0 saturated heterocycles. The Labute approximate surface area is 110 Å². The highest BCUT2D eigenvalue weighted by Crippen LogP contribution is 2.32. The molecule has 1 aromatic carbocycles. The van der Waals surface area contributed by atoms with E-state index in [2.05, 4.69) is 6.92 Å². The summed E-state index contributed by atoms with van der Waals surface area (Å²) in [5.41, 5.74) is 1.00. The fourth-order valence-electron chi connectivity index (χ4n) is 1.79. The SMILES string of the molecule is CCCCOc1cccc(CC(O)CC)c1OC. The van der Waals surface area contributed by atoms with Crippen molar-refractivity contribution < 1.29 is 14.6 Å². The number of aliphatic hydroxyl groups excluding tert-OH is 1. The quantitative estimate of drug-likeness (QED) is 0.722. The molecule has 0 aromatic heterocycles. The summed E-state index contributed by atoms with van der Waals surface area (Å²) in [6, 6.07) is 5.84. The highest BCUT2D eigenvalue weighted by Gasteiger charge is 2.12. The second-order valence-electron chi connectivity index (χ2n) is 4.42. The van der Waals surface area contributed by atoms with E-state index < -0.39 is 0 Å². The summed E-state index contributed by atoms with van der Waals surface area (Å²) in [5.74, 6) is 1.52. The van der Waals surface area contributed by atoms with Gasteiger partial charge in [-0.05, 0) is 18.9 Å². The molecule has 1 N–H and O–H groups in total. The minimum Gasteiger partial charge on any atom is -0.493 e. The van der Waals surface area contributed by atoms with E-state index in [1.807, 2.05) is 25.1 Å². The smallest absolute Gasteiger partial charge is 0.164 e. The van der Waals surface area contributed by atoms with Crippen molar-refractivity contribution in [2.45, 2.75) is 45.6 Å². The monoisotopic (exact) mass is 252 g/mol. The van der Waals surface area contributed by atoms with Crippen molar-refractivity contribution in [3.05, 3.63) is 23.8 Å². The van der Waals surface area contributed by atoms with Crippen LogP contribution in [0, 0.1) is 0 Å². The molecule has 0 bridgehead atoms. The van der Waals surface area contributed by atoms with Crippen LogP contribution in [0.15, 0.2) is 18.2 Å². The molecular weight excluding hydrogens is 228 g/mol. The fourth-order valence-corrected chi connectivity index (χ4v) is 1.79. The van der Waals surface area contributed by atoms with Crippen molar-refractivity contribution in [3.8, 4) is 11.5 Å². The lowest BCUT2D eigenvalue weighted by Crippen LogP contribution is -2.10. The van der Waals surface area contributed by atoms with E-state index in [-0.39, 0.29) is 6.10 Å². The lowest BCUT2D eigenvalue weighted by Gasteiger charge is -2.16. The average Bonchev–Trinajstić information content (AvgIpc) is 2.39. The van der Waals surface area contributed by atoms with Gasteiger partial charge < -0.3 is 14.6 Å². The molecule has 1 atom stereocenters. The molecule has 0 aliphatic heterocycles. The van der Waals surface area contributed by atoms with Crippen LogP contribution in [0.2, 0.25) is 0 Å². The molecule has 1 rings (SSSR count). The number of aliphatic hydroxyl groups is 1. The number of methoxy groups -OCH3 is 1. The molecule has 0 amide bonds. The first kappa shape index (κ1) is 14.8. The Morgan fingerprint density at radius 1 is 1.28 bits per heavy atom. The Morgan fingerprint density at radius 2 is 2.06 bits per heavy atom. The fraction of sp³-hybridized carbons (Fsp3) is 0.600. The number of ether oxygens (including phenoxy) is 2. The zero-order valence-electron chi connectivity index (χ0n) is 11.6. The molecule has 3 heteroatoms. The Hall–Kier alpha value is -1.22. The third-order valence-electron chi connectivity index (χ3n) is 2.95. The van der Waals surface area contributed by atoms with Gasteiger partial charge in [-0.1, -0.05) is 32.4 Å². The Balaban J connectivity index is 2.80. The van der Waals surface area contributed by atoms with Crippen LogP contribution >= 0.6 is 0 Å². The van der Waals surface area contributed by atoms with Crippen molar-refractivity contribution in [1.29, 1.82) is 0 Å². The van der Waals surface area contributed by atoms with Gasteiger partial charge in [-0.15, -0.1) is 0 Å². The largest absolute Gasteiger partial charge is 0.493 e. The first-order valence-corrected chi connectivity index (χ1v) is 6.69. The van der Waals surface area contributed by atoms with E-state index in [0.717, 1.165) is 36.3 Å². The third kappa shape index (κ3) is 4.22. The van der Waals surface area contributed by atoms with Crippen LogP contribution in [-0.4, -0.2) is 24.9 Å². The minimum atomic E-state index is -0.329. The predicted octanol–water partition coefficient (Wildman–Crippen LogP) is 3.19. The van der Waals surface area contributed by atoms with E-state index >= 15 is 0 Å². The number of rotatable bonds is 8. The van der Waals surface area contributed by atoms with E-state index in [0.29, 0.717) is 13.0 Å². The van der Waals surface area contributed by atoms with Crippen LogP contribution in [-0.2, 0) is 6.42 Å². The maximum atomic E-state index is 9.74. The highest BCUT2D eigenvalue weighted by molar-refractivity contribution is 5.46. The van der Waals surface area contributed by atoms with Gasteiger partial charge in [-0.25, -0.2) is 0 Å². The number of hydrogen-bond donors (Lipinski definition) is 1. The van der Waals surface area contributed by atoms with Gasteiger partial charge in [-0.3, -0.25) is 0 Å². The maximum absolute atomic E-state index is 9.74. The van der Waals surface area contributed by atoms with Crippen LogP contribution < -0.4 is 9.47 Å². The van der Waals surface area contributed by atoms with E-state index in [9.17, 15) is 5.11 Å². The van der Waals surface area contributed by atoms with Crippen molar-refractivity contribution in [1.82, 2.24) is 0 Å². The summed E-state index contributed by atoms with van der Waals surface area (Å²) < 4.78 is 11.1. The molecule has 1 aromatic rings. The Morgan fingerprint density at radius 3 is 2.67 bits per heavy atom. The zero-order chi connectivity index (χ0) is 13.4. The molecule has 0 saturated carbocycles. The molecular formula is C15H24O3. The van der Waals surface area contributed by atoms with Gasteiger partial charge in [0.2, 0.25) is 0 Å². The lowest BCUT2D eigenvalue weighted by molar-refractivity contribution is 0.169. The summed E-state index contributed by atoms with van der Waals surface area (Å²) >= 11 is 0. The van der Waals surface area contributed by atoms with Gasteiger partial charge in [-0.2, -0.15) is 0 Å². The van der Waals surface area contributed by atoms with Crippen LogP contribution in [0.25, 0.3) is 0 Å². The van der Waals surface area contributed by atoms with E-state index in [1.165, 1.54) is 0 Å². The number of para-hydroxylation sites is 1. The molecule has 0 aliphatic carbocycles. The predicted molar refractivity (Wildman–Crippen MR) is 73.4 cm³/mol. The Kier molecular flexibility index (Phi) is 6.58. The summed E-state index contributed by atoms with van der Waals surface area (Å²) in [6.45, 7) is 4.81. The molecule has 0 aliphatic rings. The molecule has 1 unspecified atom stereocenters. The maximum Gasteiger partial charge on any atom is 0.164 e. The summed E-state index contributed by atoms with van der Waals surface area (Å²) in [5, 5.41) is 9.74. The van der Waals surface area contributed by atoms with Gasteiger partial charge >= 0.3 is 0 Å². The van der Waals surface area contributed by atoms with Crippen molar-refractivity contribution in [2.24, 2.45) is 0 Å². The van der Waals surface area contributed by atoms with Crippen LogP contribution in [0.1, 0.15) is 38.7 Å². The van der Waals surface area contributed by atoms with Crippen LogP contribution in [0.5, 0.6) is 11.5 Å². The third-order valence-corrected chi connectivity index (χ3v) is 2.95. The molecule has 3 nitrogen and oxygen atoms in total. The first-order valence-electron chi connectivity index (χ1n) is 6.69. The first-order chi connectivity index (χ1) is 8.72. The van der Waals surface area contributed by atoms with Gasteiger partial charge in [0.15, 0.2) is 11.5 Å². The van der Waals surface area contributed by atoms with Crippen LogP contribution in [0.3, 0.4) is 0 Å². The molecule has 0 spiro atoms. The lowest BCUT2D eigenvalue weighted by atomic mass is 10.0. The molecule has 102 valence electrons. The molecule has 0 radical (unpaired) electrons. The topological polar surface area (TPSA) is 38.7 Å². The molecule has 0 fully saturated rings. The zero-order valence-corrected chi connectivity index (χ0v) is 11.6. The van der Waals surface area contributed by atoms with Crippen molar-refractivity contribution >= 4 is 0 Å². The normalized spacial score (nSPS) is 12.2. The number of unbranched alkanes of at least 4 members (excludes halogenated alkanes) is 1. The van der Waals surface area contributed by atoms with Gasteiger partial charge in [0.1, 0.15) is 0 Å². The van der Waals surface area contributed by atoms with E-state index in [4.69, 9.17) is 9.47 Å². The van der Waals surface area contributed by atoms with E-state index in [1.54, 1.807) is 7.11 Å². The second kappa shape index (κ2) is 7.98. The average molecular weight is 252 g/mol. The van der Waals surface area contributed by atoms with Gasteiger partial charge in [0, 0.05) is 12.0 Å². The second-order valence-corrected chi connectivity index (χ2v) is 4.42. The molecule has 18 heavy (non-hydrogen) atoms. The van der Waals surface area contributed by atoms with Gasteiger partial charge in [0.25, 0.3) is 0 Å². The minimum absolute atomic E-state index is 0.329. The number of benzene rings is 1. The summed E-state index contributed by atoms with van der Waals surface area (Å²) in [7, 11) is 1.64. The van der Waals surface area contributed by atoms with Crippen molar-refractivity contribution in [2.75, 3.05) is 13.7 Å². The number of hydrogen-bond acceptors (Lipinski definition) is 3. The molecule has 0 heterocycles. The standard InChI is InChI=1S/C15H24O3/c1-4-6-10-18-14-9-7-8-12(15(14)17-3)11-13(16)5-2/h7-9,13,16H,4-6,10-11H2,1-3H3.